The second-order valence-electron chi connectivity index (χ2n) is 2.63. The van der Waals surface area contributed by atoms with Gasteiger partial charge in [-0.15, -0.1) is 0 Å². The van der Waals surface area contributed by atoms with Crippen molar-refractivity contribution in [3.8, 4) is 0 Å². The van der Waals surface area contributed by atoms with E-state index in [4.69, 9.17) is 0 Å². The third kappa shape index (κ3) is 1.75. The Balaban J connectivity index is 2.05. The average molecular weight is 174 g/mol. The molecule has 1 aliphatic heterocycles. The van der Waals surface area contributed by atoms with Gasteiger partial charge >= 0.3 is 0 Å². The molecule has 0 aliphatic carbocycles. The minimum absolute atomic E-state index is 0.982. The summed E-state index contributed by atoms with van der Waals surface area (Å²) in [6.07, 6.45) is 2.86. The van der Waals surface area contributed by atoms with Gasteiger partial charge in [-0.1, -0.05) is 38.5 Å². The molecule has 1 aromatic carbocycles. The lowest BCUT2D eigenvalue weighted by molar-refractivity contribution is 1.20. The van der Waals surface area contributed by atoms with E-state index < -0.39 is 0 Å². The Kier molecular flexibility index (Phi) is 2.24. The van der Waals surface area contributed by atoms with Crippen LogP contribution in [0.2, 0.25) is 0 Å². The van der Waals surface area contributed by atoms with E-state index in [-0.39, 0.29) is 0 Å². The first-order valence-electron chi connectivity index (χ1n) is 3.91. The molecule has 0 N–H and O–H groups in total. The van der Waals surface area contributed by atoms with Crippen molar-refractivity contribution in [3.05, 3.63) is 47.9 Å². The number of nitrogens with zero attached hydrogens (tertiary/aromatic N) is 1. The predicted molar refractivity (Wildman–Crippen MR) is 53.3 cm³/mol. The number of rotatable bonds is 2. The van der Waals surface area contributed by atoms with E-state index in [1.54, 1.807) is 0 Å². The Hall–Kier alpha value is -1.07. The largest absolute Gasteiger partial charge is 0.256 e. The van der Waals surface area contributed by atoms with Crippen molar-refractivity contribution in [1.82, 2.24) is 5.32 Å². The molecule has 2 heteroatoms. The van der Waals surface area contributed by atoms with Crippen LogP contribution in [-0.2, 0) is 6.42 Å². The molecule has 0 unspecified atom stereocenters. The summed E-state index contributed by atoms with van der Waals surface area (Å²) in [6, 6.07) is 10.4. The molecular weight excluding hydrogens is 165 g/mol. The molecule has 2 rings (SSSR count). The van der Waals surface area contributed by atoms with Crippen LogP contribution in [0.3, 0.4) is 0 Å². The highest BCUT2D eigenvalue weighted by molar-refractivity contribution is 7.44. The van der Waals surface area contributed by atoms with Gasteiger partial charge in [-0.25, -0.2) is 0 Å². The van der Waals surface area contributed by atoms with Gasteiger partial charge in [0.15, 0.2) is 0 Å². The second-order valence-corrected chi connectivity index (χ2v) is 3.71. The van der Waals surface area contributed by atoms with Crippen molar-refractivity contribution in [1.29, 1.82) is 0 Å². The molecule has 0 fully saturated rings. The summed E-state index contributed by atoms with van der Waals surface area (Å²) in [4.78, 5) is 0. The third-order valence-electron chi connectivity index (χ3n) is 1.72. The molecule has 12 heavy (non-hydrogen) atoms. The van der Waals surface area contributed by atoms with E-state index in [0.29, 0.717) is 0 Å². The van der Waals surface area contributed by atoms with Crippen LogP contribution in [0, 0.1) is 0 Å². The molecule has 0 spiro atoms. The third-order valence-corrected chi connectivity index (χ3v) is 2.57. The Morgan fingerprint density at radius 3 is 2.67 bits per heavy atom. The molecule has 0 aromatic heterocycles. The van der Waals surface area contributed by atoms with E-state index in [2.05, 4.69) is 35.4 Å². The molecule has 1 radical (unpaired) electrons. The summed E-state index contributed by atoms with van der Waals surface area (Å²) in [5.41, 5.74) is 2.58. The van der Waals surface area contributed by atoms with Gasteiger partial charge in [0.1, 0.15) is 0 Å². The highest BCUT2D eigenvalue weighted by atomic mass is 31.1. The maximum absolute atomic E-state index is 4.25. The maximum Gasteiger partial charge on any atom is 0.0715 e. The monoisotopic (exact) mass is 174 g/mol. The smallest absolute Gasteiger partial charge is 0.0715 e. The van der Waals surface area contributed by atoms with Gasteiger partial charge in [0, 0.05) is 12.6 Å². The molecular formula is C10H9NP. The number of hydrogen-bond donors (Lipinski definition) is 0. The molecule has 1 aliphatic rings. The normalized spacial score (nSPS) is 15.5. The van der Waals surface area contributed by atoms with Crippen molar-refractivity contribution >= 4 is 13.6 Å². The van der Waals surface area contributed by atoms with Gasteiger partial charge in [0.05, 0.1) is 5.42 Å². The standard InChI is InChI=1S/C10H9NP/c1-2-4-9(5-3-1)8-10-11-6-7-12-10/h1-7H,8H2. The topological polar surface area (TPSA) is 14.1 Å². The zero-order chi connectivity index (χ0) is 8.23. The first-order valence-corrected chi connectivity index (χ1v) is 4.88. The Bertz CT molecular complexity index is 314. The summed E-state index contributed by atoms with van der Waals surface area (Å²) >= 11 is 0. The summed E-state index contributed by atoms with van der Waals surface area (Å²) in [6.45, 7) is 0. The van der Waals surface area contributed by atoms with Crippen LogP contribution in [0.5, 0.6) is 0 Å². The zero-order valence-corrected chi connectivity index (χ0v) is 7.54. The summed E-state index contributed by atoms with van der Waals surface area (Å²) in [5.74, 6) is 2.07. The van der Waals surface area contributed by atoms with Crippen LogP contribution in [0.4, 0.5) is 0 Å². The van der Waals surface area contributed by atoms with E-state index in [1.165, 1.54) is 19.2 Å². The van der Waals surface area contributed by atoms with Crippen LogP contribution in [0.15, 0.2) is 42.3 Å². The fourth-order valence-electron chi connectivity index (χ4n) is 1.14. The summed E-state index contributed by atoms with van der Waals surface area (Å²) in [5, 5.41) is 4.25. The van der Waals surface area contributed by atoms with Gasteiger partial charge in [0.25, 0.3) is 0 Å². The molecule has 1 nitrogen and oxygen atoms in total. The number of benzene rings is 1. The highest BCUT2D eigenvalue weighted by Crippen LogP contribution is 2.11. The SMILES string of the molecule is C1=CP=C(Cc2ccccc2)[N]1. The minimum atomic E-state index is 0.982. The van der Waals surface area contributed by atoms with E-state index >= 15 is 0 Å². The summed E-state index contributed by atoms with van der Waals surface area (Å²) in [7, 11) is 1.25. The van der Waals surface area contributed by atoms with Gasteiger partial charge in [-0.2, -0.15) is 0 Å². The lowest BCUT2D eigenvalue weighted by atomic mass is 10.1. The molecule has 1 aromatic rings. The van der Waals surface area contributed by atoms with E-state index in [9.17, 15) is 0 Å². The minimum Gasteiger partial charge on any atom is -0.256 e. The number of hydrogen-bond acceptors (Lipinski definition) is 0. The molecule has 0 amide bonds. The Labute approximate surface area is 73.9 Å². The lowest BCUT2D eigenvalue weighted by Gasteiger charge is -1.99. The van der Waals surface area contributed by atoms with Crippen molar-refractivity contribution < 1.29 is 0 Å². The Morgan fingerprint density at radius 2 is 2.00 bits per heavy atom. The van der Waals surface area contributed by atoms with E-state index in [0.717, 1.165) is 6.42 Å². The van der Waals surface area contributed by atoms with Crippen LogP contribution >= 0.6 is 8.20 Å². The quantitative estimate of drug-likeness (QED) is 0.611. The zero-order valence-electron chi connectivity index (χ0n) is 6.64. The van der Waals surface area contributed by atoms with Crippen molar-refractivity contribution in [2.75, 3.05) is 0 Å². The highest BCUT2D eigenvalue weighted by Gasteiger charge is 2.01. The van der Waals surface area contributed by atoms with Crippen LogP contribution in [0.1, 0.15) is 5.56 Å². The van der Waals surface area contributed by atoms with Crippen LogP contribution in [0.25, 0.3) is 0 Å². The second kappa shape index (κ2) is 3.55. The van der Waals surface area contributed by atoms with Crippen LogP contribution < -0.4 is 5.32 Å². The molecule has 59 valence electrons. The van der Waals surface area contributed by atoms with Gasteiger partial charge in [-0.3, -0.25) is 5.32 Å². The van der Waals surface area contributed by atoms with Gasteiger partial charge < -0.3 is 0 Å². The Morgan fingerprint density at radius 1 is 1.17 bits per heavy atom. The predicted octanol–water partition coefficient (Wildman–Crippen LogP) is 2.39. The molecule has 1 heterocycles. The molecule has 0 atom stereocenters. The van der Waals surface area contributed by atoms with Crippen LogP contribution in [-0.4, -0.2) is 5.42 Å². The molecule has 0 saturated heterocycles. The lowest BCUT2D eigenvalue weighted by Crippen LogP contribution is -2.07. The van der Waals surface area contributed by atoms with Crippen molar-refractivity contribution in [2.24, 2.45) is 0 Å². The van der Waals surface area contributed by atoms with Crippen molar-refractivity contribution in [3.63, 3.8) is 0 Å². The first kappa shape index (κ1) is 7.57. The van der Waals surface area contributed by atoms with Crippen molar-refractivity contribution in [2.45, 2.75) is 6.42 Å². The van der Waals surface area contributed by atoms with Gasteiger partial charge in [0.2, 0.25) is 0 Å². The fourth-order valence-corrected chi connectivity index (χ4v) is 1.85. The summed E-state index contributed by atoms with van der Waals surface area (Å²) < 4.78 is 0. The molecule has 0 saturated carbocycles. The molecule has 0 bridgehead atoms. The average Bonchev–Trinajstić information content (AvgIpc) is 2.59. The first-order chi connectivity index (χ1) is 5.95. The maximum atomic E-state index is 4.25. The fraction of sp³-hybridized carbons (Fsp3) is 0.100. The van der Waals surface area contributed by atoms with E-state index in [1.807, 2.05) is 12.3 Å². The van der Waals surface area contributed by atoms with Gasteiger partial charge in [-0.05, 0) is 11.4 Å².